The minimum Gasteiger partial charge on any atom is -0.484 e. The van der Waals surface area contributed by atoms with E-state index in [-0.39, 0.29) is 12.5 Å². The fraction of sp³-hybridized carbons (Fsp3) is 0.385. The van der Waals surface area contributed by atoms with Gasteiger partial charge in [-0.3, -0.25) is 9.59 Å². The molecule has 0 atom stereocenters. The highest BCUT2D eigenvalue weighted by Gasteiger charge is 2.05. The molecule has 0 aromatic heterocycles. The highest BCUT2D eigenvalue weighted by atomic mass is 79.9. The van der Waals surface area contributed by atoms with Crippen molar-refractivity contribution in [2.75, 3.05) is 13.2 Å². The van der Waals surface area contributed by atoms with Gasteiger partial charge >= 0.3 is 0 Å². The maximum absolute atomic E-state index is 11.4. The monoisotopic (exact) mass is 313 g/mol. The van der Waals surface area contributed by atoms with Crippen LogP contribution in [-0.2, 0) is 4.79 Å². The molecular formula is C13H16BrNO3. The van der Waals surface area contributed by atoms with Crippen molar-refractivity contribution in [3.63, 3.8) is 0 Å². The number of rotatable bonds is 6. The first-order chi connectivity index (χ1) is 8.52. The molecule has 1 aromatic carbocycles. The highest BCUT2D eigenvalue weighted by Crippen LogP contribution is 2.20. The van der Waals surface area contributed by atoms with Gasteiger partial charge in [0.15, 0.2) is 12.9 Å². The van der Waals surface area contributed by atoms with Gasteiger partial charge in [0.1, 0.15) is 5.75 Å². The molecule has 0 unspecified atom stereocenters. The van der Waals surface area contributed by atoms with E-state index >= 15 is 0 Å². The van der Waals surface area contributed by atoms with Crippen molar-refractivity contribution in [2.24, 2.45) is 5.92 Å². The number of amides is 1. The third-order valence-corrected chi connectivity index (χ3v) is 2.89. The van der Waals surface area contributed by atoms with Crippen LogP contribution in [0.2, 0.25) is 0 Å². The van der Waals surface area contributed by atoms with Crippen LogP contribution >= 0.6 is 15.9 Å². The molecule has 0 aliphatic rings. The molecule has 0 aliphatic carbocycles. The second kappa shape index (κ2) is 7.16. The Labute approximate surface area is 115 Å². The number of hydrogen-bond donors (Lipinski definition) is 1. The van der Waals surface area contributed by atoms with Crippen molar-refractivity contribution in [1.82, 2.24) is 5.32 Å². The molecule has 4 nitrogen and oxygen atoms in total. The van der Waals surface area contributed by atoms with Crippen LogP contribution in [-0.4, -0.2) is 25.3 Å². The van der Waals surface area contributed by atoms with Crippen molar-refractivity contribution in [1.29, 1.82) is 0 Å². The lowest BCUT2D eigenvalue weighted by Gasteiger charge is -2.09. The summed E-state index contributed by atoms with van der Waals surface area (Å²) in [4.78, 5) is 22.2. The van der Waals surface area contributed by atoms with E-state index in [0.29, 0.717) is 28.2 Å². The Balaban J connectivity index is 2.48. The summed E-state index contributed by atoms with van der Waals surface area (Å²) in [6.45, 7) is 4.62. The van der Waals surface area contributed by atoms with Crippen LogP contribution < -0.4 is 10.1 Å². The summed E-state index contributed by atoms with van der Waals surface area (Å²) in [5.41, 5.74) is 0.495. The normalized spacial score (nSPS) is 10.2. The molecule has 5 heteroatoms. The zero-order valence-electron chi connectivity index (χ0n) is 10.4. The third-order valence-electron chi connectivity index (χ3n) is 2.17. The zero-order chi connectivity index (χ0) is 13.5. The Morgan fingerprint density at radius 2 is 2.22 bits per heavy atom. The van der Waals surface area contributed by atoms with Gasteiger partial charge in [-0.25, -0.2) is 0 Å². The molecule has 1 aromatic rings. The van der Waals surface area contributed by atoms with Gasteiger partial charge in [-0.2, -0.15) is 0 Å². The molecule has 0 spiro atoms. The average Bonchev–Trinajstić information content (AvgIpc) is 2.35. The van der Waals surface area contributed by atoms with E-state index in [1.54, 1.807) is 18.2 Å². The highest BCUT2D eigenvalue weighted by molar-refractivity contribution is 9.10. The van der Waals surface area contributed by atoms with Gasteiger partial charge in [0.05, 0.1) is 0 Å². The van der Waals surface area contributed by atoms with Crippen LogP contribution in [0, 0.1) is 5.92 Å². The maximum atomic E-state index is 11.4. The predicted molar refractivity (Wildman–Crippen MR) is 72.9 cm³/mol. The fourth-order valence-corrected chi connectivity index (χ4v) is 1.56. The SMILES string of the molecule is CC(C)CNC(=O)COc1ccc(Br)c(C=O)c1. The Kier molecular flexibility index (Phi) is 5.85. The number of ether oxygens (including phenoxy) is 1. The van der Waals surface area contributed by atoms with Crippen LogP contribution in [0.15, 0.2) is 22.7 Å². The lowest BCUT2D eigenvalue weighted by molar-refractivity contribution is -0.123. The largest absolute Gasteiger partial charge is 0.484 e. The summed E-state index contributed by atoms with van der Waals surface area (Å²) in [6, 6.07) is 5.00. The molecule has 0 fully saturated rings. The van der Waals surface area contributed by atoms with Gasteiger partial charge < -0.3 is 10.1 Å². The van der Waals surface area contributed by atoms with Crippen molar-refractivity contribution >= 4 is 28.1 Å². The van der Waals surface area contributed by atoms with Crippen LogP contribution in [0.1, 0.15) is 24.2 Å². The van der Waals surface area contributed by atoms with E-state index in [1.807, 2.05) is 13.8 Å². The summed E-state index contributed by atoms with van der Waals surface area (Å²) < 4.78 is 6.01. The lowest BCUT2D eigenvalue weighted by Crippen LogP contribution is -2.31. The van der Waals surface area contributed by atoms with Gasteiger partial charge in [-0.05, 0) is 24.1 Å². The number of halogens is 1. The molecule has 1 rings (SSSR count). The molecule has 1 amide bonds. The van der Waals surface area contributed by atoms with Gasteiger partial charge in [-0.15, -0.1) is 0 Å². The lowest BCUT2D eigenvalue weighted by atomic mass is 10.2. The minimum absolute atomic E-state index is 0.0490. The second-order valence-corrected chi connectivity index (χ2v) is 5.14. The summed E-state index contributed by atoms with van der Waals surface area (Å²) >= 11 is 3.25. The van der Waals surface area contributed by atoms with E-state index in [0.717, 1.165) is 6.29 Å². The second-order valence-electron chi connectivity index (χ2n) is 4.29. The summed E-state index contributed by atoms with van der Waals surface area (Å²) in [5.74, 6) is 0.738. The van der Waals surface area contributed by atoms with Crippen LogP contribution in [0.5, 0.6) is 5.75 Å². The van der Waals surface area contributed by atoms with E-state index in [1.165, 1.54) is 0 Å². The molecule has 0 saturated heterocycles. The number of hydrogen-bond acceptors (Lipinski definition) is 3. The number of aldehydes is 1. The Morgan fingerprint density at radius 3 is 2.83 bits per heavy atom. The van der Waals surface area contributed by atoms with Gasteiger partial charge in [0.25, 0.3) is 5.91 Å². The van der Waals surface area contributed by atoms with Crippen molar-refractivity contribution in [3.8, 4) is 5.75 Å². The molecule has 1 N–H and O–H groups in total. The number of carbonyl (C=O) groups is 2. The van der Waals surface area contributed by atoms with Gasteiger partial charge in [-0.1, -0.05) is 29.8 Å². The van der Waals surface area contributed by atoms with Gasteiger partial charge in [0, 0.05) is 16.6 Å². The molecule has 0 aliphatic heterocycles. The number of benzene rings is 1. The fourth-order valence-electron chi connectivity index (χ4n) is 1.22. The quantitative estimate of drug-likeness (QED) is 0.821. The molecule has 98 valence electrons. The van der Waals surface area contributed by atoms with Crippen LogP contribution in [0.3, 0.4) is 0 Å². The van der Waals surface area contributed by atoms with Crippen molar-refractivity contribution < 1.29 is 14.3 Å². The molecule has 0 radical (unpaired) electrons. The molecular weight excluding hydrogens is 298 g/mol. The smallest absolute Gasteiger partial charge is 0.257 e. The first kappa shape index (κ1) is 14.7. The van der Waals surface area contributed by atoms with E-state index in [2.05, 4.69) is 21.2 Å². The summed E-state index contributed by atoms with van der Waals surface area (Å²) in [6.07, 6.45) is 0.732. The number of carbonyl (C=O) groups excluding carboxylic acids is 2. The molecule has 0 heterocycles. The third kappa shape index (κ3) is 4.87. The summed E-state index contributed by atoms with van der Waals surface area (Å²) in [5, 5.41) is 2.75. The zero-order valence-corrected chi connectivity index (χ0v) is 12.0. The van der Waals surface area contributed by atoms with Crippen LogP contribution in [0.25, 0.3) is 0 Å². The maximum Gasteiger partial charge on any atom is 0.257 e. The topological polar surface area (TPSA) is 55.4 Å². The van der Waals surface area contributed by atoms with E-state index in [4.69, 9.17) is 4.74 Å². The molecule has 18 heavy (non-hydrogen) atoms. The van der Waals surface area contributed by atoms with Crippen LogP contribution in [0.4, 0.5) is 0 Å². The molecule has 0 saturated carbocycles. The molecule has 0 bridgehead atoms. The predicted octanol–water partition coefficient (Wildman–Crippen LogP) is 2.41. The first-order valence-electron chi connectivity index (χ1n) is 5.67. The van der Waals surface area contributed by atoms with Gasteiger partial charge in [0.2, 0.25) is 0 Å². The number of nitrogens with one attached hydrogen (secondary N) is 1. The Bertz CT molecular complexity index is 432. The summed E-state index contributed by atoms with van der Waals surface area (Å²) in [7, 11) is 0. The van der Waals surface area contributed by atoms with E-state index < -0.39 is 0 Å². The van der Waals surface area contributed by atoms with Crippen molar-refractivity contribution in [2.45, 2.75) is 13.8 Å². The Hall–Kier alpha value is -1.36. The minimum atomic E-state index is -0.167. The Morgan fingerprint density at radius 1 is 1.50 bits per heavy atom. The van der Waals surface area contributed by atoms with E-state index in [9.17, 15) is 9.59 Å². The first-order valence-corrected chi connectivity index (χ1v) is 6.46. The average molecular weight is 314 g/mol. The standard InChI is InChI=1S/C13H16BrNO3/c1-9(2)6-15-13(17)8-18-11-3-4-12(14)10(5-11)7-16/h3-5,7,9H,6,8H2,1-2H3,(H,15,17). The van der Waals surface area contributed by atoms with Crippen molar-refractivity contribution in [3.05, 3.63) is 28.2 Å².